The molecule has 6 nitrogen and oxygen atoms in total. The minimum Gasteiger partial charge on any atom is -0.369 e. The molecule has 3 N–H and O–H groups in total. The molecule has 128 valence electrons. The summed E-state index contributed by atoms with van der Waals surface area (Å²) in [5, 5.41) is 3.81. The van der Waals surface area contributed by atoms with Gasteiger partial charge in [-0.3, -0.25) is 9.59 Å². The molecule has 0 saturated carbocycles. The standard InChI is InChI=1S/C18H18N4O2S/c1-9-15-10(2)20-11(3)21-18(15)25-16(9)17(24)22-13-7-5-4-6-12(13)8-14(19)23/h4-7H,8H2,1-3H3,(H2,19,23)(H,22,24). The molecule has 25 heavy (non-hydrogen) atoms. The lowest BCUT2D eigenvalue weighted by atomic mass is 10.1. The van der Waals surface area contributed by atoms with Crippen LogP contribution in [0.2, 0.25) is 0 Å². The third-order valence-electron chi connectivity index (χ3n) is 3.92. The van der Waals surface area contributed by atoms with Crippen LogP contribution in [0.5, 0.6) is 0 Å². The molecule has 0 aliphatic carbocycles. The van der Waals surface area contributed by atoms with E-state index in [9.17, 15) is 9.59 Å². The topological polar surface area (TPSA) is 98.0 Å². The number of nitrogens with one attached hydrogen (secondary N) is 1. The van der Waals surface area contributed by atoms with Gasteiger partial charge in [-0.05, 0) is 38.0 Å². The van der Waals surface area contributed by atoms with Crippen LogP contribution < -0.4 is 11.1 Å². The summed E-state index contributed by atoms with van der Waals surface area (Å²) in [6.07, 6.45) is 0.0750. The van der Waals surface area contributed by atoms with E-state index in [2.05, 4.69) is 15.3 Å². The van der Waals surface area contributed by atoms with Crippen LogP contribution in [0.25, 0.3) is 10.2 Å². The van der Waals surface area contributed by atoms with Gasteiger partial charge in [0.2, 0.25) is 5.91 Å². The summed E-state index contributed by atoms with van der Waals surface area (Å²) >= 11 is 1.34. The summed E-state index contributed by atoms with van der Waals surface area (Å²) in [5.74, 6) is 0.0144. The second kappa shape index (κ2) is 6.60. The highest BCUT2D eigenvalue weighted by Crippen LogP contribution is 2.32. The first-order chi connectivity index (χ1) is 11.9. The maximum atomic E-state index is 12.8. The van der Waals surface area contributed by atoms with Crippen molar-refractivity contribution < 1.29 is 9.59 Å². The van der Waals surface area contributed by atoms with Crippen LogP contribution >= 0.6 is 11.3 Å². The first-order valence-electron chi connectivity index (χ1n) is 7.78. The molecule has 0 spiro atoms. The maximum Gasteiger partial charge on any atom is 0.266 e. The van der Waals surface area contributed by atoms with Crippen molar-refractivity contribution in [3.63, 3.8) is 0 Å². The average Bonchev–Trinajstić information content (AvgIpc) is 2.85. The largest absolute Gasteiger partial charge is 0.369 e. The van der Waals surface area contributed by atoms with Crippen LogP contribution in [0.15, 0.2) is 24.3 Å². The molecular formula is C18H18N4O2S. The van der Waals surface area contributed by atoms with Crippen molar-refractivity contribution >= 4 is 39.1 Å². The van der Waals surface area contributed by atoms with E-state index in [-0.39, 0.29) is 12.3 Å². The van der Waals surface area contributed by atoms with Crippen molar-refractivity contribution in [1.82, 2.24) is 9.97 Å². The summed E-state index contributed by atoms with van der Waals surface area (Å²) in [4.78, 5) is 34.2. The Morgan fingerprint density at radius 3 is 2.60 bits per heavy atom. The average molecular weight is 354 g/mol. The van der Waals surface area contributed by atoms with Gasteiger partial charge in [-0.25, -0.2) is 9.97 Å². The van der Waals surface area contributed by atoms with Gasteiger partial charge in [0.1, 0.15) is 10.7 Å². The maximum absolute atomic E-state index is 12.8. The van der Waals surface area contributed by atoms with E-state index in [1.165, 1.54) is 11.3 Å². The highest BCUT2D eigenvalue weighted by molar-refractivity contribution is 7.20. The van der Waals surface area contributed by atoms with E-state index in [1.807, 2.05) is 20.8 Å². The molecule has 0 aliphatic rings. The molecule has 0 unspecified atom stereocenters. The smallest absolute Gasteiger partial charge is 0.266 e. The van der Waals surface area contributed by atoms with Gasteiger partial charge in [0.25, 0.3) is 5.91 Å². The quantitative estimate of drug-likeness (QED) is 0.752. The molecule has 0 fully saturated rings. The number of aromatic nitrogens is 2. The van der Waals surface area contributed by atoms with Gasteiger partial charge in [-0.1, -0.05) is 18.2 Å². The third-order valence-corrected chi connectivity index (χ3v) is 5.10. The van der Waals surface area contributed by atoms with E-state index in [4.69, 9.17) is 5.73 Å². The SMILES string of the molecule is Cc1nc(C)c2c(C)c(C(=O)Nc3ccccc3CC(N)=O)sc2n1. The second-order valence-corrected chi connectivity index (χ2v) is 6.85. The lowest BCUT2D eigenvalue weighted by Crippen LogP contribution is -2.17. The zero-order valence-electron chi connectivity index (χ0n) is 14.2. The number of hydrogen-bond acceptors (Lipinski definition) is 5. The molecule has 3 rings (SSSR count). The Morgan fingerprint density at radius 1 is 1.16 bits per heavy atom. The van der Waals surface area contributed by atoms with Crippen LogP contribution in [0.4, 0.5) is 5.69 Å². The molecule has 3 aromatic rings. The Labute approximate surface area is 149 Å². The fraction of sp³-hybridized carbons (Fsp3) is 0.222. The zero-order chi connectivity index (χ0) is 18.1. The van der Waals surface area contributed by atoms with Crippen LogP contribution in [-0.4, -0.2) is 21.8 Å². The minimum absolute atomic E-state index is 0.0750. The van der Waals surface area contributed by atoms with Gasteiger partial charge in [0, 0.05) is 16.8 Å². The van der Waals surface area contributed by atoms with Gasteiger partial charge in [0.15, 0.2) is 0 Å². The molecule has 0 radical (unpaired) electrons. The van der Waals surface area contributed by atoms with Crippen molar-refractivity contribution in [1.29, 1.82) is 0 Å². The van der Waals surface area contributed by atoms with Crippen LogP contribution in [0.3, 0.4) is 0 Å². The fourth-order valence-corrected chi connectivity index (χ4v) is 4.03. The summed E-state index contributed by atoms with van der Waals surface area (Å²) in [7, 11) is 0. The number of aryl methyl sites for hydroxylation is 3. The van der Waals surface area contributed by atoms with Gasteiger partial charge in [-0.15, -0.1) is 11.3 Å². The highest BCUT2D eigenvalue weighted by atomic mass is 32.1. The first-order valence-corrected chi connectivity index (χ1v) is 8.60. The molecule has 7 heteroatoms. The Bertz CT molecular complexity index is 994. The van der Waals surface area contributed by atoms with Crippen LogP contribution in [-0.2, 0) is 11.2 Å². The number of thiophene rings is 1. The fourth-order valence-electron chi connectivity index (χ4n) is 2.85. The summed E-state index contributed by atoms with van der Waals surface area (Å²) in [5.41, 5.74) is 8.28. The van der Waals surface area contributed by atoms with E-state index < -0.39 is 5.91 Å². The number of rotatable bonds is 4. The monoisotopic (exact) mass is 354 g/mol. The van der Waals surface area contributed by atoms with Crippen molar-refractivity contribution in [2.45, 2.75) is 27.2 Å². The summed E-state index contributed by atoms with van der Waals surface area (Å²) in [6, 6.07) is 7.14. The van der Waals surface area contributed by atoms with Crippen molar-refractivity contribution in [2.75, 3.05) is 5.32 Å². The van der Waals surface area contributed by atoms with Crippen LogP contribution in [0.1, 0.15) is 32.3 Å². The van der Waals surface area contributed by atoms with E-state index >= 15 is 0 Å². The predicted octanol–water partition coefficient (Wildman–Crippen LogP) is 2.90. The number of nitrogens with two attached hydrogens (primary N) is 1. The molecule has 2 amide bonds. The number of carbonyl (C=O) groups excluding carboxylic acids is 2. The molecule has 0 aliphatic heterocycles. The van der Waals surface area contributed by atoms with Crippen molar-refractivity contribution in [2.24, 2.45) is 5.73 Å². The zero-order valence-corrected chi connectivity index (χ0v) is 15.0. The van der Waals surface area contributed by atoms with E-state index in [0.717, 1.165) is 21.5 Å². The summed E-state index contributed by atoms with van der Waals surface area (Å²) < 4.78 is 0. The number of hydrogen-bond donors (Lipinski definition) is 2. The molecule has 0 saturated heterocycles. The predicted molar refractivity (Wildman–Crippen MR) is 98.9 cm³/mol. The van der Waals surface area contributed by atoms with Crippen LogP contribution in [0, 0.1) is 20.8 Å². The highest BCUT2D eigenvalue weighted by Gasteiger charge is 2.19. The van der Waals surface area contributed by atoms with Gasteiger partial charge >= 0.3 is 0 Å². The first kappa shape index (κ1) is 17.0. The van der Waals surface area contributed by atoms with Gasteiger partial charge < -0.3 is 11.1 Å². The number of anilines is 1. The van der Waals surface area contributed by atoms with Gasteiger partial charge in [0.05, 0.1) is 11.3 Å². The normalized spacial score (nSPS) is 10.8. The second-order valence-electron chi connectivity index (χ2n) is 5.85. The van der Waals surface area contributed by atoms with Gasteiger partial charge in [-0.2, -0.15) is 0 Å². The van der Waals surface area contributed by atoms with Crippen molar-refractivity contribution in [3.8, 4) is 0 Å². The summed E-state index contributed by atoms with van der Waals surface area (Å²) in [6.45, 7) is 5.65. The number of nitrogens with zero attached hydrogens (tertiary/aromatic N) is 2. The Hall–Kier alpha value is -2.80. The molecule has 1 aromatic carbocycles. The molecule has 0 atom stereocenters. The Kier molecular flexibility index (Phi) is 4.50. The number of benzene rings is 1. The number of carbonyl (C=O) groups is 2. The number of para-hydroxylation sites is 1. The molecule has 2 aromatic heterocycles. The Morgan fingerprint density at radius 2 is 1.88 bits per heavy atom. The molecule has 2 heterocycles. The molecule has 0 bridgehead atoms. The lowest BCUT2D eigenvalue weighted by molar-refractivity contribution is -0.117. The number of primary amides is 1. The van der Waals surface area contributed by atoms with E-state index in [1.54, 1.807) is 24.3 Å². The van der Waals surface area contributed by atoms with E-state index in [0.29, 0.717) is 22.0 Å². The minimum atomic E-state index is -0.443. The molecular weight excluding hydrogens is 336 g/mol. The lowest BCUT2D eigenvalue weighted by Gasteiger charge is -2.09. The Balaban J connectivity index is 1.98. The van der Waals surface area contributed by atoms with Crippen molar-refractivity contribution in [3.05, 3.63) is 51.8 Å². The number of fused-ring (bicyclic) bond motifs is 1. The number of amides is 2. The third kappa shape index (κ3) is 3.36.